The third-order valence-electron chi connectivity index (χ3n) is 1.03. The highest BCUT2D eigenvalue weighted by atomic mass is 13.9. The van der Waals surface area contributed by atoms with Crippen molar-refractivity contribution in [2.75, 3.05) is 0 Å². The topological polar surface area (TPSA) is 0 Å². The number of rotatable bonds is 2. The van der Waals surface area contributed by atoms with Crippen molar-refractivity contribution < 1.29 is 0 Å². The van der Waals surface area contributed by atoms with Crippen molar-refractivity contribution in [2.24, 2.45) is 0 Å². The Balaban J connectivity index is 3.58. The number of hydrogen-bond donors (Lipinski definition) is 0. The summed E-state index contributed by atoms with van der Waals surface area (Å²) < 4.78 is 0. The molecule has 0 amide bonds. The smallest absolute Gasteiger partial charge is 0.0963 e. The van der Waals surface area contributed by atoms with E-state index in [4.69, 9.17) is 0 Å². The largest absolute Gasteiger partial charge is 0.106 e. The zero-order chi connectivity index (χ0) is 5.86. The van der Waals surface area contributed by atoms with Crippen molar-refractivity contribution in [1.29, 1.82) is 0 Å². The van der Waals surface area contributed by atoms with Gasteiger partial charge in [0, 0.05) is 0 Å². The summed E-state index contributed by atoms with van der Waals surface area (Å²) in [6.45, 7) is 9.48. The first kappa shape index (κ1) is 6.54. The van der Waals surface area contributed by atoms with Crippen LogP contribution in [0.4, 0.5) is 0 Å². The quantitative estimate of drug-likeness (QED) is 0.356. The molecule has 0 nitrogen and oxygen atoms in total. The molecule has 0 aliphatic rings. The first-order valence-electron chi connectivity index (χ1n) is 2.52. The molecule has 0 heterocycles. The van der Waals surface area contributed by atoms with Crippen LogP contribution in [0.15, 0.2) is 24.3 Å². The molecule has 0 aromatic heterocycles. The van der Waals surface area contributed by atoms with Crippen LogP contribution in [0.25, 0.3) is 0 Å². The van der Waals surface area contributed by atoms with Gasteiger partial charge in [-0.1, -0.05) is 30.6 Å². The van der Waals surface area contributed by atoms with Crippen molar-refractivity contribution in [3.63, 3.8) is 0 Å². The molecule has 0 fully saturated rings. The Labute approximate surface area is 46.3 Å². The van der Waals surface area contributed by atoms with E-state index >= 15 is 0 Å². The molecule has 0 spiro atoms. The van der Waals surface area contributed by atoms with Crippen LogP contribution in [0.5, 0.6) is 0 Å². The minimum absolute atomic E-state index is 1.02. The van der Waals surface area contributed by atoms with Gasteiger partial charge in [-0.2, -0.15) is 0 Å². The summed E-state index contributed by atoms with van der Waals surface area (Å²) in [6.07, 6.45) is 1.02. The highest BCUT2D eigenvalue weighted by Crippen LogP contribution is 2.04. The standard InChI is InChI=1S/C6H11B/c1-5(2)6(3)4-7/h1,3-4,7H2,2H3. The molecule has 0 aromatic carbocycles. The Kier molecular flexibility index (Phi) is 2.50. The number of hydrogen-bond acceptors (Lipinski definition) is 0. The van der Waals surface area contributed by atoms with Crippen molar-refractivity contribution in [1.82, 2.24) is 0 Å². The van der Waals surface area contributed by atoms with E-state index in [0.29, 0.717) is 0 Å². The Morgan fingerprint density at radius 3 is 2.00 bits per heavy atom. The highest BCUT2D eigenvalue weighted by Gasteiger charge is 1.85. The summed E-state index contributed by atoms with van der Waals surface area (Å²) in [5, 5.41) is 0. The Bertz CT molecular complexity index is 92.4. The molecule has 0 aromatic rings. The van der Waals surface area contributed by atoms with Crippen LogP contribution in [0.2, 0.25) is 6.32 Å². The fourth-order valence-electron chi connectivity index (χ4n) is 0.302. The molecule has 7 heavy (non-hydrogen) atoms. The summed E-state index contributed by atoms with van der Waals surface area (Å²) in [7, 11) is 2.08. The summed E-state index contributed by atoms with van der Waals surface area (Å²) >= 11 is 0. The van der Waals surface area contributed by atoms with Crippen LogP contribution < -0.4 is 0 Å². The van der Waals surface area contributed by atoms with Gasteiger partial charge < -0.3 is 0 Å². The van der Waals surface area contributed by atoms with Gasteiger partial charge in [0.05, 0.1) is 0 Å². The third kappa shape index (κ3) is 2.27. The average Bonchev–Trinajstić information content (AvgIpc) is 1.65. The van der Waals surface area contributed by atoms with Gasteiger partial charge in [0.25, 0.3) is 0 Å². The van der Waals surface area contributed by atoms with Gasteiger partial charge in [-0.15, -0.1) is 0 Å². The van der Waals surface area contributed by atoms with Gasteiger partial charge in [-0.05, 0) is 6.92 Å². The van der Waals surface area contributed by atoms with E-state index in [1.54, 1.807) is 0 Å². The Hall–Kier alpha value is -0.455. The van der Waals surface area contributed by atoms with Crippen molar-refractivity contribution in [2.45, 2.75) is 13.2 Å². The molecule has 0 atom stereocenters. The van der Waals surface area contributed by atoms with E-state index in [0.717, 1.165) is 17.5 Å². The zero-order valence-corrected chi connectivity index (χ0v) is 5.12. The predicted molar refractivity (Wildman–Crippen MR) is 37.3 cm³/mol. The SMILES string of the molecule is BCC(=C)C(=C)C. The van der Waals surface area contributed by atoms with Crippen LogP contribution in [-0.2, 0) is 0 Å². The minimum Gasteiger partial charge on any atom is -0.0963 e. The van der Waals surface area contributed by atoms with Crippen LogP contribution in [0.1, 0.15) is 6.92 Å². The average molecular weight is 94.0 g/mol. The second-order valence-electron chi connectivity index (χ2n) is 1.74. The molecule has 0 saturated carbocycles. The molecule has 0 bridgehead atoms. The van der Waals surface area contributed by atoms with E-state index < -0.39 is 0 Å². The van der Waals surface area contributed by atoms with Gasteiger partial charge in [0.15, 0.2) is 0 Å². The maximum Gasteiger partial charge on any atom is 0.106 e. The first-order valence-corrected chi connectivity index (χ1v) is 2.52. The molecule has 0 saturated heterocycles. The first-order chi connectivity index (χ1) is 3.18. The van der Waals surface area contributed by atoms with Gasteiger partial charge in [0.2, 0.25) is 0 Å². The summed E-state index contributed by atoms with van der Waals surface area (Å²) in [6, 6.07) is 0. The second kappa shape index (κ2) is 2.67. The van der Waals surface area contributed by atoms with E-state index in [9.17, 15) is 0 Å². The van der Waals surface area contributed by atoms with Crippen molar-refractivity contribution in [3.8, 4) is 0 Å². The van der Waals surface area contributed by atoms with Crippen LogP contribution in [0.3, 0.4) is 0 Å². The fourth-order valence-corrected chi connectivity index (χ4v) is 0.302. The van der Waals surface area contributed by atoms with Gasteiger partial charge >= 0.3 is 0 Å². The lowest BCUT2D eigenvalue weighted by Gasteiger charge is -1.95. The summed E-state index contributed by atoms with van der Waals surface area (Å²) in [5.41, 5.74) is 2.25. The molecular weight excluding hydrogens is 82.9 g/mol. The van der Waals surface area contributed by atoms with E-state index in [1.165, 1.54) is 0 Å². The summed E-state index contributed by atoms with van der Waals surface area (Å²) in [4.78, 5) is 0. The van der Waals surface area contributed by atoms with Crippen LogP contribution in [0, 0.1) is 0 Å². The van der Waals surface area contributed by atoms with Crippen LogP contribution in [-0.4, -0.2) is 7.85 Å². The third-order valence-corrected chi connectivity index (χ3v) is 1.03. The lowest BCUT2D eigenvalue weighted by atomic mass is 9.94. The lowest BCUT2D eigenvalue weighted by Crippen LogP contribution is -1.77. The molecule has 0 rings (SSSR count). The predicted octanol–water partition coefficient (Wildman–Crippen LogP) is 1.17. The van der Waals surface area contributed by atoms with Gasteiger partial charge in [-0.3, -0.25) is 0 Å². The van der Waals surface area contributed by atoms with E-state index in [1.807, 2.05) is 6.92 Å². The summed E-state index contributed by atoms with van der Waals surface area (Å²) in [5.74, 6) is 0. The zero-order valence-electron chi connectivity index (χ0n) is 5.12. The van der Waals surface area contributed by atoms with Crippen molar-refractivity contribution >= 4 is 7.85 Å². The lowest BCUT2D eigenvalue weighted by molar-refractivity contribution is 1.38. The van der Waals surface area contributed by atoms with Gasteiger partial charge in [-0.25, -0.2) is 0 Å². The molecule has 0 aliphatic heterocycles. The maximum atomic E-state index is 3.77. The van der Waals surface area contributed by atoms with E-state index in [2.05, 4.69) is 21.0 Å². The Morgan fingerprint density at radius 1 is 1.57 bits per heavy atom. The van der Waals surface area contributed by atoms with Gasteiger partial charge in [0.1, 0.15) is 7.85 Å². The molecule has 38 valence electrons. The highest BCUT2D eigenvalue weighted by molar-refractivity contribution is 6.10. The van der Waals surface area contributed by atoms with E-state index in [-0.39, 0.29) is 0 Å². The second-order valence-corrected chi connectivity index (χ2v) is 1.74. The fraction of sp³-hybridized carbons (Fsp3) is 0.333. The molecule has 0 N–H and O–H groups in total. The van der Waals surface area contributed by atoms with Crippen LogP contribution >= 0.6 is 0 Å². The maximum absolute atomic E-state index is 3.77. The molecule has 1 heteroatoms. The molecule has 0 aliphatic carbocycles. The molecular formula is C6H11B. The Morgan fingerprint density at radius 2 is 2.00 bits per heavy atom. The number of allylic oxidation sites excluding steroid dienone is 2. The minimum atomic E-state index is 1.02. The van der Waals surface area contributed by atoms with Crippen molar-refractivity contribution in [3.05, 3.63) is 24.3 Å². The molecule has 0 unspecified atom stereocenters. The monoisotopic (exact) mass is 94.1 g/mol. The molecule has 0 radical (unpaired) electrons. The normalized spacial score (nSPS) is 8.14.